The van der Waals surface area contributed by atoms with E-state index in [0.717, 1.165) is 18.6 Å². The molecule has 0 bridgehead atoms. The molecule has 19 heavy (non-hydrogen) atoms. The Morgan fingerprint density at radius 2 is 2.11 bits per heavy atom. The third-order valence-corrected chi connectivity index (χ3v) is 3.23. The molecule has 0 saturated carbocycles. The van der Waals surface area contributed by atoms with Gasteiger partial charge in [-0.2, -0.15) is 13.2 Å². The minimum atomic E-state index is -4.38. The molecule has 2 rings (SSSR count). The molecule has 1 amide bonds. The van der Waals surface area contributed by atoms with Crippen LogP contribution in [0.25, 0.3) is 0 Å². The van der Waals surface area contributed by atoms with E-state index in [2.05, 4.69) is 0 Å². The molecule has 2 N–H and O–H groups in total. The van der Waals surface area contributed by atoms with E-state index in [1.165, 1.54) is 6.07 Å². The van der Waals surface area contributed by atoms with Gasteiger partial charge in [-0.3, -0.25) is 4.79 Å². The maximum absolute atomic E-state index is 12.6. The van der Waals surface area contributed by atoms with Crippen LogP contribution in [-0.4, -0.2) is 23.9 Å². The van der Waals surface area contributed by atoms with Crippen molar-refractivity contribution in [1.29, 1.82) is 0 Å². The van der Waals surface area contributed by atoms with Crippen LogP contribution in [0.2, 0.25) is 0 Å². The molecule has 1 unspecified atom stereocenters. The molecule has 3 nitrogen and oxygen atoms in total. The first kappa shape index (κ1) is 13.9. The molecule has 6 heteroatoms. The monoisotopic (exact) mass is 272 g/mol. The van der Waals surface area contributed by atoms with Crippen molar-refractivity contribution < 1.29 is 18.0 Å². The zero-order chi connectivity index (χ0) is 14.0. The number of benzene rings is 1. The van der Waals surface area contributed by atoms with Crippen LogP contribution < -0.4 is 5.73 Å². The van der Waals surface area contributed by atoms with E-state index < -0.39 is 17.8 Å². The number of likely N-dealkylation sites (tertiary alicyclic amines) is 1. The van der Waals surface area contributed by atoms with Gasteiger partial charge in [-0.15, -0.1) is 0 Å². The molecule has 1 heterocycles. The molecule has 0 spiro atoms. The van der Waals surface area contributed by atoms with Crippen LogP contribution in [0.4, 0.5) is 13.2 Å². The zero-order valence-electron chi connectivity index (χ0n) is 10.3. The number of nitrogens with two attached hydrogens (primary N) is 1. The van der Waals surface area contributed by atoms with Gasteiger partial charge in [0.25, 0.3) is 0 Å². The van der Waals surface area contributed by atoms with E-state index in [-0.39, 0.29) is 12.5 Å². The summed E-state index contributed by atoms with van der Waals surface area (Å²) in [5.74, 6) is 0.0161. The van der Waals surface area contributed by atoms with Gasteiger partial charge in [0.15, 0.2) is 0 Å². The SMILES string of the molecule is NC(CN1CCCC1=O)c1cccc(C(F)(F)F)c1. The van der Waals surface area contributed by atoms with E-state index in [1.807, 2.05) is 0 Å². The van der Waals surface area contributed by atoms with Gasteiger partial charge in [-0.25, -0.2) is 0 Å². The normalized spacial score (nSPS) is 17.9. The number of hydrogen-bond acceptors (Lipinski definition) is 2. The number of halogens is 3. The van der Waals surface area contributed by atoms with Crippen LogP contribution in [0.5, 0.6) is 0 Å². The fourth-order valence-electron chi connectivity index (χ4n) is 2.19. The van der Waals surface area contributed by atoms with E-state index in [0.29, 0.717) is 18.5 Å². The molecule has 1 atom stereocenters. The van der Waals surface area contributed by atoms with Crippen LogP contribution in [0.1, 0.15) is 30.0 Å². The lowest BCUT2D eigenvalue weighted by atomic mass is 10.0. The number of alkyl halides is 3. The molecular weight excluding hydrogens is 257 g/mol. The molecule has 0 radical (unpaired) electrons. The Balaban J connectivity index is 2.10. The van der Waals surface area contributed by atoms with Gasteiger partial charge in [0.2, 0.25) is 5.91 Å². The molecular formula is C13H15F3N2O. The Morgan fingerprint density at radius 3 is 2.68 bits per heavy atom. The Kier molecular flexibility index (Phi) is 3.80. The largest absolute Gasteiger partial charge is 0.416 e. The van der Waals surface area contributed by atoms with E-state index in [1.54, 1.807) is 11.0 Å². The summed E-state index contributed by atoms with van der Waals surface area (Å²) in [6, 6.07) is 4.36. The average Bonchev–Trinajstić information content (AvgIpc) is 2.74. The highest BCUT2D eigenvalue weighted by Gasteiger charge is 2.31. The first-order chi connectivity index (χ1) is 8.88. The quantitative estimate of drug-likeness (QED) is 0.918. The summed E-state index contributed by atoms with van der Waals surface area (Å²) < 4.78 is 37.8. The smallest absolute Gasteiger partial charge is 0.341 e. The summed E-state index contributed by atoms with van der Waals surface area (Å²) in [6.45, 7) is 0.894. The molecule has 0 aliphatic carbocycles. The van der Waals surface area contributed by atoms with Gasteiger partial charge in [0.1, 0.15) is 0 Å². The van der Waals surface area contributed by atoms with Crippen molar-refractivity contribution in [3.63, 3.8) is 0 Å². The molecule has 104 valence electrons. The molecule has 1 aromatic carbocycles. The number of rotatable bonds is 3. The minimum absolute atomic E-state index is 0.0161. The number of nitrogens with zero attached hydrogens (tertiary/aromatic N) is 1. The highest BCUT2D eigenvalue weighted by Crippen LogP contribution is 2.30. The molecule has 1 saturated heterocycles. The molecule has 1 aliphatic rings. The van der Waals surface area contributed by atoms with Gasteiger partial charge in [-0.05, 0) is 24.1 Å². The summed E-state index contributed by atoms with van der Waals surface area (Å²) in [7, 11) is 0. The summed E-state index contributed by atoms with van der Waals surface area (Å²) >= 11 is 0. The first-order valence-electron chi connectivity index (χ1n) is 6.08. The Morgan fingerprint density at radius 1 is 1.37 bits per heavy atom. The third-order valence-electron chi connectivity index (χ3n) is 3.23. The van der Waals surface area contributed by atoms with Crippen LogP contribution in [0.15, 0.2) is 24.3 Å². The Hall–Kier alpha value is -1.56. The predicted octanol–water partition coefficient (Wildman–Crippen LogP) is 2.33. The van der Waals surface area contributed by atoms with Gasteiger partial charge in [0.05, 0.1) is 5.56 Å². The van der Waals surface area contributed by atoms with Gasteiger partial charge < -0.3 is 10.6 Å². The topological polar surface area (TPSA) is 46.3 Å². The van der Waals surface area contributed by atoms with Crippen LogP contribution in [0.3, 0.4) is 0 Å². The van der Waals surface area contributed by atoms with Crippen LogP contribution in [-0.2, 0) is 11.0 Å². The second-order valence-electron chi connectivity index (χ2n) is 4.67. The average molecular weight is 272 g/mol. The number of hydrogen-bond donors (Lipinski definition) is 1. The van der Waals surface area contributed by atoms with Crippen molar-refractivity contribution in [1.82, 2.24) is 4.90 Å². The maximum Gasteiger partial charge on any atom is 0.416 e. The minimum Gasteiger partial charge on any atom is -0.341 e. The lowest BCUT2D eigenvalue weighted by Crippen LogP contribution is -2.33. The van der Waals surface area contributed by atoms with Gasteiger partial charge in [-0.1, -0.05) is 12.1 Å². The van der Waals surface area contributed by atoms with E-state index in [4.69, 9.17) is 5.73 Å². The van der Waals surface area contributed by atoms with Crippen molar-refractivity contribution in [3.8, 4) is 0 Å². The standard InChI is InChI=1S/C13H15F3N2O/c14-13(15,16)10-4-1-3-9(7-10)11(17)8-18-6-2-5-12(18)19/h1,3-4,7,11H,2,5-6,8,17H2. The molecule has 1 aromatic rings. The number of amides is 1. The lowest BCUT2D eigenvalue weighted by Gasteiger charge is -2.21. The van der Waals surface area contributed by atoms with Crippen LogP contribution in [0, 0.1) is 0 Å². The fourth-order valence-corrected chi connectivity index (χ4v) is 2.19. The predicted molar refractivity (Wildman–Crippen MR) is 64.2 cm³/mol. The maximum atomic E-state index is 12.6. The van der Waals surface area contributed by atoms with Gasteiger partial charge >= 0.3 is 6.18 Å². The highest BCUT2D eigenvalue weighted by molar-refractivity contribution is 5.78. The van der Waals surface area contributed by atoms with Gasteiger partial charge in [0, 0.05) is 25.6 Å². The Labute approximate surface area is 109 Å². The van der Waals surface area contributed by atoms with Crippen molar-refractivity contribution in [2.75, 3.05) is 13.1 Å². The van der Waals surface area contributed by atoms with Crippen molar-refractivity contribution in [2.24, 2.45) is 5.73 Å². The number of carbonyl (C=O) groups excluding carboxylic acids is 1. The second-order valence-corrected chi connectivity index (χ2v) is 4.67. The molecule has 1 aliphatic heterocycles. The van der Waals surface area contributed by atoms with Crippen molar-refractivity contribution in [3.05, 3.63) is 35.4 Å². The first-order valence-corrected chi connectivity index (χ1v) is 6.08. The van der Waals surface area contributed by atoms with Crippen molar-refractivity contribution >= 4 is 5.91 Å². The summed E-state index contributed by atoms with van der Waals surface area (Å²) in [5.41, 5.74) is 5.57. The Bertz CT molecular complexity index is 473. The summed E-state index contributed by atoms with van der Waals surface area (Å²) in [6.07, 6.45) is -3.09. The second kappa shape index (κ2) is 5.21. The van der Waals surface area contributed by atoms with E-state index >= 15 is 0 Å². The molecule has 0 aromatic heterocycles. The highest BCUT2D eigenvalue weighted by atomic mass is 19.4. The third kappa shape index (κ3) is 3.26. The zero-order valence-corrected chi connectivity index (χ0v) is 10.3. The van der Waals surface area contributed by atoms with Crippen molar-refractivity contribution in [2.45, 2.75) is 25.1 Å². The summed E-state index contributed by atoms with van der Waals surface area (Å²) in [4.78, 5) is 13.1. The van der Waals surface area contributed by atoms with Crippen LogP contribution >= 0.6 is 0 Å². The molecule has 1 fully saturated rings. The van der Waals surface area contributed by atoms with E-state index in [9.17, 15) is 18.0 Å². The summed E-state index contributed by atoms with van der Waals surface area (Å²) in [5, 5.41) is 0. The lowest BCUT2D eigenvalue weighted by molar-refractivity contribution is -0.137. The number of carbonyl (C=O) groups is 1. The fraction of sp³-hybridized carbons (Fsp3) is 0.462.